The molecule has 1 rings (SSSR count). The minimum Gasteiger partial charge on any atom is -0.333 e. The minimum atomic E-state index is 0.582. The molecular weight excluding hydrogens is 158 g/mol. The van der Waals surface area contributed by atoms with Gasteiger partial charge in [0.15, 0.2) is 0 Å². The molecule has 0 aromatic carbocycles. The van der Waals surface area contributed by atoms with E-state index in [2.05, 4.69) is 5.73 Å². The Balaban J connectivity index is 0.000000461. The number of hydrogen-bond acceptors (Lipinski definition) is 4. The summed E-state index contributed by atoms with van der Waals surface area (Å²) in [5.41, 5.74) is 10.8. The second-order valence-electron chi connectivity index (χ2n) is 1.69. The van der Waals surface area contributed by atoms with Gasteiger partial charge in [0.1, 0.15) is 0 Å². The second kappa shape index (κ2) is 6.03. The first-order valence-electron chi connectivity index (χ1n) is 3.22. The van der Waals surface area contributed by atoms with Gasteiger partial charge in [-0.25, -0.2) is 0 Å². The lowest BCUT2D eigenvalue weighted by atomic mass is 10.3. The Bertz CT molecular complexity index is 207. The predicted molar refractivity (Wildman–Crippen MR) is 50.2 cm³/mol. The second-order valence-corrected chi connectivity index (χ2v) is 2.69. The van der Waals surface area contributed by atoms with Crippen molar-refractivity contribution in [2.45, 2.75) is 6.54 Å². The molecule has 0 aliphatic heterocycles. The molecule has 5 N–H and O–H groups in total. The molecule has 0 amide bonds. The van der Waals surface area contributed by atoms with Crippen LogP contribution in [-0.2, 0) is 6.54 Å². The van der Waals surface area contributed by atoms with Gasteiger partial charge in [-0.2, -0.15) is 0 Å². The van der Waals surface area contributed by atoms with E-state index in [9.17, 15) is 0 Å². The standard InChI is InChI=1S/C6H8N2S.CH5N/c7-2-5-1-6(3-8)9-4-5;1-2/h1-2,4,7H,3,8H2;2H2,1H3. The van der Waals surface area contributed by atoms with Gasteiger partial charge >= 0.3 is 0 Å². The van der Waals surface area contributed by atoms with E-state index < -0.39 is 0 Å². The zero-order chi connectivity index (χ0) is 8.69. The Morgan fingerprint density at radius 2 is 2.27 bits per heavy atom. The van der Waals surface area contributed by atoms with E-state index in [4.69, 9.17) is 11.1 Å². The van der Waals surface area contributed by atoms with Gasteiger partial charge in [0.25, 0.3) is 0 Å². The number of nitrogens with one attached hydrogen (secondary N) is 1. The molecule has 0 fully saturated rings. The number of thiophene rings is 1. The molecule has 1 aromatic rings. The third-order valence-electron chi connectivity index (χ3n) is 1.04. The fourth-order valence-corrected chi connectivity index (χ4v) is 1.30. The van der Waals surface area contributed by atoms with Crippen LogP contribution in [0.2, 0.25) is 0 Å². The van der Waals surface area contributed by atoms with E-state index in [0.717, 1.165) is 10.4 Å². The lowest BCUT2D eigenvalue weighted by Crippen LogP contribution is -1.91. The molecule has 11 heavy (non-hydrogen) atoms. The van der Waals surface area contributed by atoms with Crippen LogP contribution in [0.1, 0.15) is 10.4 Å². The Morgan fingerprint density at radius 3 is 2.55 bits per heavy atom. The van der Waals surface area contributed by atoms with Gasteiger partial charge in [0, 0.05) is 23.2 Å². The Hall–Kier alpha value is -0.710. The third kappa shape index (κ3) is 3.27. The van der Waals surface area contributed by atoms with Crippen molar-refractivity contribution in [2.24, 2.45) is 11.5 Å². The van der Waals surface area contributed by atoms with Gasteiger partial charge in [-0.05, 0) is 18.5 Å². The predicted octanol–water partition coefficient (Wildman–Crippen LogP) is 0.779. The highest BCUT2D eigenvalue weighted by atomic mass is 32.1. The summed E-state index contributed by atoms with van der Waals surface area (Å²) in [5.74, 6) is 0. The molecule has 0 bridgehead atoms. The van der Waals surface area contributed by atoms with Crippen molar-refractivity contribution in [3.8, 4) is 0 Å². The maximum absolute atomic E-state index is 6.87. The monoisotopic (exact) mass is 171 g/mol. The third-order valence-corrected chi connectivity index (χ3v) is 2.02. The maximum atomic E-state index is 6.87. The summed E-state index contributed by atoms with van der Waals surface area (Å²) in [6, 6.07) is 1.93. The van der Waals surface area contributed by atoms with E-state index in [-0.39, 0.29) is 0 Å². The summed E-state index contributed by atoms with van der Waals surface area (Å²) in [4.78, 5) is 1.13. The SMILES string of the molecule is CN.N=Cc1csc(CN)c1. The highest BCUT2D eigenvalue weighted by Crippen LogP contribution is 2.11. The summed E-state index contributed by atoms with van der Waals surface area (Å²) < 4.78 is 0. The normalized spacial score (nSPS) is 8.27. The highest BCUT2D eigenvalue weighted by molar-refractivity contribution is 7.10. The number of nitrogens with two attached hydrogens (primary N) is 2. The molecule has 0 aliphatic carbocycles. The molecule has 0 unspecified atom stereocenters. The van der Waals surface area contributed by atoms with E-state index in [1.807, 2.05) is 11.4 Å². The first-order chi connectivity index (χ1) is 5.36. The van der Waals surface area contributed by atoms with Crippen molar-refractivity contribution in [2.75, 3.05) is 7.05 Å². The van der Waals surface area contributed by atoms with Gasteiger partial charge in [0.05, 0.1) is 0 Å². The first kappa shape index (κ1) is 10.3. The molecule has 62 valence electrons. The maximum Gasteiger partial charge on any atom is 0.0274 e. The molecule has 3 nitrogen and oxygen atoms in total. The van der Waals surface area contributed by atoms with Crippen LogP contribution in [0.5, 0.6) is 0 Å². The largest absolute Gasteiger partial charge is 0.333 e. The average molecular weight is 171 g/mol. The van der Waals surface area contributed by atoms with Crippen molar-refractivity contribution in [1.82, 2.24) is 0 Å². The Labute approximate surface area is 70.5 Å². The molecule has 1 aromatic heterocycles. The Kier molecular flexibility index (Phi) is 5.64. The van der Waals surface area contributed by atoms with Crippen LogP contribution in [0, 0.1) is 5.41 Å². The van der Waals surface area contributed by atoms with Gasteiger partial charge in [-0.15, -0.1) is 11.3 Å². The van der Waals surface area contributed by atoms with Crippen molar-refractivity contribution >= 4 is 17.6 Å². The Morgan fingerprint density at radius 1 is 1.64 bits per heavy atom. The molecular formula is C7H13N3S. The summed E-state index contributed by atoms with van der Waals surface area (Å²) >= 11 is 1.60. The molecule has 0 saturated heterocycles. The first-order valence-corrected chi connectivity index (χ1v) is 4.10. The fraction of sp³-hybridized carbons (Fsp3) is 0.286. The molecule has 0 spiro atoms. The molecule has 0 aliphatic rings. The smallest absolute Gasteiger partial charge is 0.0274 e. The van der Waals surface area contributed by atoms with E-state index in [1.54, 1.807) is 11.3 Å². The van der Waals surface area contributed by atoms with Gasteiger partial charge in [-0.3, -0.25) is 0 Å². The average Bonchev–Trinajstić information content (AvgIpc) is 2.55. The zero-order valence-corrected chi connectivity index (χ0v) is 7.32. The molecule has 0 atom stereocenters. The lowest BCUT2D eigenvalue weighted by Gasteiger charge is -1.81. The minimum absolute atomic E-state index is 0.582. The van der Waals surface area contributed by atoms with E-state index in [1.165, 1.54) is 13.3 Å². The van der Waals surface area contributed by atoms with Crippen LogP contribution in [0.4, 0.5) is 0 Å². The molecule has 1 heterocycles. The lowest BCUT2D eigenvalue weighted by molar-refractivity contribution is 1.11. The van der Waals surface area contributed by atoms with Crippen LogP contribution in [0.15, 0.2) is 11.4 Å². The van der Waals surface area contributed by atoms with Crippen LogP contribution >= 0.6 is 11.3 Å². The van der Waals surface area contributed by atoms with E-state index >= 15 is 0 Å². The van der Waals surface area contributed by atoms with Gasteiger partial charge in [-0.1, -0.05) is 0 Å². The van der Waals surface area contributed by atoms with Crippen LogP contribution in [0.25, 0.3) is 0 Å². The number of rotatable bonds is 2. The van der Waals surface area contributed by atoms with Gasteiger partial charge < -0.3 is 16.9 Å². The quantitative estimate of drug-likeness (QED) is 0.575. The van der Waals surface area contributed by atoms with Crippen molar-refractivity contribution < 1.29 is 0 Å². The van der Waals surface area contributed by atoms with Crippen LogP contribution < -0.4 is 11.5 Å². The topological polar surface area (TPSA) is 75.9 Å². The highest BCUT2D eigenvalue weighted by Gasteiger charge is 1.92. The summed E-state index contributed by atoms with van der Waals surface area (Å²) in [6.45, 7) is 0.582. The summed E-state index contributed by atoms with van der Waals surface area (Å²) in [7, 11) is 1.50. The van der Waals surface area contributed by atoms with Crippen molar-refractivity contribution in [3.63, 3.8) is 0 Å². The van der Waals surface area contributed by atoms with E-state index in [0.29, 0.717) is 6.54 Å². The number of hydrogen-bond donors (Lipinski definition) is 3. The summed E-state index contributed by atoms with van der Waals surface area (Å²) in [6.07, 6.45) is 1.33. The van der Waals surface area contributed by atoms with Crippen molar-refractivity contribution in [1.29, 1.82) is 5.41 Å². The van der Waals surface area contributed by atoms with Crippen molar-refractivity contribution in [3.05, 3.63) is 21.9 Å². The molecule has 0 saturated carbocycles. The molecule has 4 heteroatoms. The fourth-order valence-electron chi connectivity index (χ4n) is 0.580. The van der Waals surface area contributed by atoms with Crippen LogP contribution in [0.3, 0.4) is 0 Å². The summed E-state index contributed by atoms with van der Waals surface area (Å²) in [5, 5.41) is 8.80. The zero-order valence-electron chi connectivity index (χ0n) is 6.50. The van der Waals surface area contributed by atoms with Gasteiger partial charge in [0.2, 0.25) is 0 Å². The molecule has 0 radical (unpaired) electrons. The van der Waals surface area contributed by atoms with Crippen LogP contribution in [-0.4, -0.2) is 13.3 Å².